The number of nitrogens with zero attached hydrogens (tertiary/aromatic N) is 3. The van der Waals surface area contributed by atoms with Gasteiger partial charge in [-0.05, 0) is 53.4 Å². The van der Waals surface area contributed by atoms with Crippen molar-refractivity contribution in [2.24, 2.45) is 0 Å². The Balaban J connectivity index is 1.44. The SMILES string of the molecule is CCNCc1cncc(-c2ccc3[nH]nc(-c4cc5c(-c6cccs6)cncc5[nH]4)c3c2)c1. The Morgan fingerprint density at radius 2 is 1.85 bits per heavy atom. The van der Waals surface area contributed by atoms with Gasteiger partial charge in [-0.25, -0.2) is 0 Å². The molecule has 6 nitrogen and oxygen atoms in total. The summed E-state index contributed by atoms with van der Waals surface area (Å²) in [5.41, 5.74) is 8.40. The number of thiophene rings is 1. The van der Waals surface area contributed by atoms with Crippen molar-refractivity contribution in [2.75, 3.05) is 6.54 Å². The van der Waals surface area contributed by atoms with Gasteiger partial charge in [-0.15, -0.1) is 11.3 Å². The van der Waals surface area contributed by atoms with Gasteiger partial charge in [0, 0.05) is 51.9 Å². The summed E-state index contributed by atoms with van der Waals surface area (Å²) in [5, 5.41) is 15.5. The van der Waals surface area contributed by atoms with E-state index in [1.807, 2.05) is 24.8 Å². The summed E-state index contributed by atoms with van der Waals surface area (Å²) in [6.07, 6.45) is 7.63. The normalized spacial score (nSPS) is 11.5. The first-order valence-corrected chi connectivity index (χ1v) is 11.8. The van der Waals surface area contributed by atoms with Gasteiger partial charge >= 0.3 is 0 Å². The smallest absolute Gasteiger partial charge is 0.116 e. The molecule has 0 radical (unpaired) electrons. The molecule has 0 fully saturated rings. The second-order valence-electron chi connectivity index (χ2n) is 8.00. The standard InChI is InChI=1S/C26H22N6S/c1-2-27-11-16-8-18(13-28-12-16)17-5-6-22-20(9-17)26(32-31-22)23-10-19-21(25-4-3-7-33-25)14-29-15-24(19)30-23/h3-10,12-15,27,30H,2,11H2,1H3,(H,31,32). The molecule has 0 saturated heterocycles. The fourth-order valence-corrected chi connectivity index (χ4v) is 4.97. The van der Waals surface area contributed by atoms with E-state index in [1.54, 1.807) is 11.3 Å². The van der Waals surface area contributed by atoms with Crippen molar-refractivity contribution in [1.82, 2.24) is 30.5 Å². The number of H-pyrrole nitrogens is 2. The Labute approximate surface area is 194 Å². The van der Waals surface area contributed by atoms with Crippen molar-refractivity contribution in [3.05, 3.63) is 78.2 Å². The van der Waals surface area contributed by atoms with Gasteiger partial charge < -0.3 is 10.3 Å². The minimum atomic E-state index is 0.812. The molecule has 0 atom stereocenters. The monoisotopic (exact) mass is 450 g/mol. The van der Waals surface area contributed by atoms with Gasteiger partial charge in [0.25, 0.3) is 0 Å². The number of fused-ring (bicyclic) bond motifs is 2. The maximum absolute atomic E-state index is 4.65. The molecule has 0 bridgehead atoms. The maximum atomic E-state index is 4.65. The first kappa shape index (κ1) is 19.8. The van der Waals surface area contributed by atoms with E-state index in [4.69, 9.17) is 0 Å². The number of aromatic nitrogens is 5. The fraction of sp³-hybridized carbons (Fsp3) is 0.115. The molecular formula is C26H22N6S. The fourth-order valence-electron chi connectivity index (χ4n) is 4.22. The molecule has 0 amide bonds. The Morgan fingerprint density at radius 1 is 0.909 bits per heavy atom. The first-order valence-electron chi connectivity index (χ1n) is 10.9. The highest BCUT2D eigenvalue weighted by molar-refractivity contribution is 7.13. The van der Waals surface area contributed by atoms with E-state index in [0.29, 0.717) is 0 Å². The summed E-state index contributed by atoms with van der Waals surface area (Å²) in [5.74, 6) is 0. The third-order valence-electron chi connectivity index (χ3n) is 5.86. The van der Waals surface area contributed by atoms with Crippen LogP contribution >= 0.6 is 11.3 Å². The van der Waals surface area contributed by atoms with Crippen LogP contribution in [0.25, 0.3) is 54.8 Å². The summed E-state index contributed by atoms with van der Waals surface area (Å²) >= 11 is 1.72. The largest absolute Gasteiger partial charge is 0.352 e. The average molecular weight is 451 g/mol. The van der Waals surface area contributed by atoms with E-state index in [-0.39, 0.29) is 0 Å². The molecule has 0 aliphatic carbocycles. The molecule has 6 aromatic rings. The quantitative estimate of drug-likeness (QED) is 0.290. The van der Waals surface area contributed by atoms with Crippen molar-refractivity contribution >= 4 is 33.1 Å². The van der Waals surface area contributed by atoms with Gasteiger partial charge in [-0.3, -0.25) is 15.1 Å². The van der Waals surface area contributed by atoms with E-state index in [0.717, 1.165) is 63.0 Å². The van der Waals surface area contributed by atoms with Crippen LogP contribution in [-0.2, 0) is 6.54 Å². The molecule has 3 N–H and O–H groups in total. The van der Waals surface area contributed by atoms with E-state index in [2.05, 4.69) is 85.2 Å². The molecule has 162 valence electrons. The van der Waals surface area contributed by atoms with Crippen molar-refractivity contribution in [3.8, 4) is 33.0 Å². The van der Waals surface area contributed by atoms with Crippen molar-refractivity contribution < 1.29 is 0 Å². The molecule has 6 rings (SSSR count). The number of hydrogen-bond acceptors (Lipinski definition) is 5. The lowest BCUT2D eigenvalue weighted by molar-refractivity contribution is 0.724. The Kier molecular flexibility index (Phi) is 4.97. The molecule has 1 aromatic carbocycles. The van der Waals surface area contributed by atoms with Crippen LogP contribution in [0.5, 0.6) is 0 Å². The molecule has 0 unspecified atom stereocenters. The highest BCUT2D eigenvalue weighted by Gasteiger charge is 2.15. The van der Waals surface area contributed by atoms with Crippen LogP contribution in [0.15, 0.2) is 72.6 Å². The number of aromatic amines is 2. The molecule has 0 spiro atoms. The van der Waals surface area contributed by atoms with Crippen LogP contribution in [-0.4, -0.2) is 31.7 Å². The predicted octanol–water partition coefficient (Wildman–Crippen LogP) is 6.01. The molecule has 7 heteroatoms. The Hall–Kier alpha value is -3.81. The molecule has 5 aromatic heterocycles. The van der Waals surface area contributed by atoms with Gasteiger partial charge in [-0.2, -0.15) is 5.10 Å². The first-order chi connectivity index (χ1) is 16.3. The predicted molar refractivity (Wildman–Crippen MR) is 135 cm³/mol. The van der Waals surface area contributed by atoms with Gasteiger partial charge in [0.2, 0.25) is 0 Å². The van der Waals surface area contributed by atoms with Gasteiger partial charge in [-0.1, -0.05) is 19.1 Å². The van der Waals surface area contributed by atoms with Crippen molar-refractivity contribution in [1.29, 1.82) is 0 Å². The Morgan fingerprint density at radius 3 is 2.73 bits per heavy atom. The van der Waals surface area contributed by atoms with E-state index in [1.165, 1.54) is 10.4 Å². The zero-order valence-corrected chi connectivity index (χ0v) is 18.9. The van der Waals surface area contributed by atoms with E-state index >= 15 is 0 Å². The summed E-state index contributed by atoms with van der Waals surface area (Å²) in [7, 11) is 0. The number of hydrogen-bond donors (Lipinski definition) is 3. The zero-order valence-electron chi connectivity index (χ0n) is 18.1. The third-order valence-corrected chi connectivity index (χ3v) is 6.76. The zero-order chi connectivity index (χ0) is 22.2. The molecule has 33 heavy (non-hydrogen) atoms. The summed E-state index contributed by atoms with van der Waals surface area (Å²) < 4.78 is 0. The van der Waals surface area contributed by atoms with Gasteiger partial charge in [0.1, 0.15) is 5.69 Å². The van der Waals surface area contributed by atoms with Crippen LogP contribution in [0.4, 0.5) is 0 Å². The van der Waals surface area contributed by atoms with Gasteiger partial charge in [0.05, 0.1) is 22.9 Å². The number of benzene rings is 1. The molecule has 0 aliphatic heterocycles. The van der Waals surface area contributed by atoms with Crippen LogP contribution in [0.3, 0.4) is 0 Å². The van der Waals surface area contributed by atoms with Crippen LogP contribution in [0, 0.1) is 0 Å². The maximum Gasteiger partial charge on any atom is 0.116 e. The number of nitrogens with one attached hydrogen (secondary N) is 3. The van der Waals surface area contributed by atoms with Crippen molar-refractivity contribution in [2.45, 2.75) is 13.5 Å². The van der Waals surface area contributed by atoms with Crippen LogP contribution in [0.1, 0.15) is 12.5 Å². The number of pyridine rings is 2. The topological polar surface area (TPSA) is 82.3 Å². The highest BCUT2D eigenvalue weighted by Crippen LogP contribution is 2.36. The van der Waals surface area contributed by atoms with E-state index < -0.39 is 0 Å². The summed E-state index contributed by atoms with van der Waals surface area (Å²) in [6.45, 7) is 3.85. The summed E-state index contributed by atoms with van der Waals surface area (Å²) in [6, 6.07) is 14.9. The molecule has 0 saturated carbocycles. The molecule has 0 aliphatic rings. The van der Waals surface area contributed by atoms with Crippen LogP contribution < -0.4 is 5.32 Å². The Bertz CT molecular complexity index is 1560. The lowest BCUT2D eigenvalue weighted by Crippen LogP contribution is -2.11. The average Bonchev–Trinajstić information content (AvgIpc) is 3.61. The van der Waals surface area contributed by atoms with Gasteiger partial charge in [0.15, 0.2) is 0 Å². The summed E-state index contributed by atoms with van der Waals surface area (Å²) in [4.78, 5) is 13.6. The second-order valence-corrected chi connectivity index (χ2v) is 8.95. The lowest BCUT2D eigenvalue weighted by atomic mass is 10.0. The molecule has 5 heterocycles. The minimum absolute atomic E-state index is 0.812. The van der Waals surface area contributed by atoms with E-state index in [9.17, 15) is 0 Å². The third kappa shape index (κ3) is 3.61. The molecular weight excluding hydrogens is 428 g/mol. The number of rotatable bonds is 6. The highest BCUT2D eigenvalue weighted by atomic mass is 32.1. The van der Waals surface area contributed by atoms with Crippen LogP contribution in [0.2, 0.25) is 0 Å². The van der Waals surface area contributed by atoms with Crippen molar-refractivity contribution in [3.63, 3.8) is 0 Å². The minimum Gasteiger partial charge on any atom is -0.352 e. The lowest BCUT2D eigenvalue weighted by Gasteiger charge is -2.06. The second kappa shape index (κ2) is 8.27.